The number of hydrogen-bond donors (Lipinski definition) is 1. The molecule has 0 saturated heterocycles. The molecule has 124 valence electrons. The predicted molar refractivity (Wildman–Crippen MR) is 104 cm³/mol. The van der Waals surface area contributed by atoms with Gasteiger partial charge >= 0.3 is 0 Å². The maximum Gasteiger partial charge on any atom is 0.147 e. The van der Waals surface area contributed by atoms with Gasteiger partial charge in [-0.25, -0.2) is 9.97 Å². The van der Waals surface area contributed by atoms with Gasteiger partial charge in [0.25, 0.3) is 0 Å². The topological polar surface area (TPSA) is 50.8 Å². The van der Waals surface area contributed by atoms with Gasteiger partial charge in [-0.3, -0.25) is 0 Å². The van der Waals surface area contributed by atoms with E-state index in [1.165, 1.54) is 27.8 Å². The van der Waals surface area contributed by atoms with E-state index in [0.717, 1.165) is 40.1 Å². The number of fused-ring (bicyclic) bond motifs is 4. The van der Waals surface area contributed by atoms with Crippen molar-refractivity contribution in [3.63, 3.8) is 0 Å². The van der Waals surface area contributed by atoms with Crippen LogP contribution in [0.2, 0.25) is 0 Å². The largest absolute Gasteiger partial charge is 0.497 e. The van der Waals surface area contributed by atoms with Gasteiger partial charge in [-0.2, -0.15) is 0 Å². The number of ether oxygens (including phenoxy) is 1. The Morgan fingerprint density at radius 3 is 2.84 bits per heavy atom. The van der Waals surface area contributed by atoms with Crippen LogP contribution in [0.3, 0.4) is 0 Å². The number of thiophene rings is 1. The summed E-state index contributed by atoms with van der Waals surface area (Å²) >= 11 is 7.07. The Hall–Kier alpha value is -2.31. The lowest BCUT2D eigenvalue weighted by molar-refractivity contribution is 0.415. The number of aromatic amines is 1. The molecule has 4 nitrogen and oxygen atoms in total. The first-order valence-electron chi connectivity index (χ1n) is 8.22. The monoisotopic (exact) mass is 365 g/mol. The molecule has 5 rings (SSSR count). The van der Waals surface area contributed by atoms with Gasteiger partial charge in [0.2, 0.25) is 0 Å². The van der Waals surface area contributed by atoms with Crippen LogP contribution in [0.4, 0.5) is 0 Å². The van der Waals surface area contributed by atoms with Crippen molar-refractivity contribution in [1.82, 2.24) is 15.0 Å². The molecule has 0 fully saturated rings. The molecule has 0 amide bonds. The highest BCUT2D eigenvalue weighted by atomic mass is 32.1. The fourth-order valence-electron chi connectivity index (χ4n) is 3.70. The predicted octanol–water partition coefficient (Wildman–Crippen LogP) is 5.07. The van der Waals surface area contributed by atoms with Crippen LogP contribution in [-0.4, -0.2) is 22.1 Å². The maximum atomic E-state index is 5.43. The van der Waals surface area contributed by atoms with E-state index in [2.05, 4.69) is 22.1 Å². The van der Waals surface area contributed by atoms with Gasteiger partial charge in [0, 0.05) is 11.1 Å². The number of nitrogens with one attached hydrogen (secondary N) is 1. The van der Waals surface area contributed by atoms with Crippen molar-refractivity contribution >= 4 is 44.0 Å². The second-order valence-corrected chi connectivity index (χ2v) is 7.57. The van der Waals surface area contributed by atoms with Crippen molar-refractivity contribution < 1.29 is 4.74 Å². The summed E-state index contributed by atoms with van der Waals surface area (Å²) in [5, 5.41) is 1.17. The Kier molecular flexibility index (Phi) is 3.36. The molecule has 0 spiro atoms. The van der Waals surface area contributed by atoms with Crippen molar-refractivity contribution in [1.29, 1.82) is 0 Å². The molecule has 0 atom stereocenters. The molecule has 1 aliphatic carbocycles. The summed E-state index contributed by atoms with van der Waals surface area (Å²) in [6, 6.07) is 8.29. The zero-order valence-electron chi connectivity index (χ0n) is 13.6. The molecule has 1 N–H and O–H groups in total. The lowest BCUT2D eigenvalue weighted by Crippen LogP contribution is -1.94. The minimum absolute atomic E-state index is 0.637. The Balaban J connectivity index is 1.93. The summed E-state index contributed by atoms with van der Waals surface area (Å²) < 4.78 is 6.97. The Labute approximate surface area is 153 Å². The number of rotatable bonds is 2. The normalized spacial score (nSPS) is 13.5. The van der Waals surface area contributed by atoms with Crippen LogP contribution in [0.15, 0.2) is 30.6 Å². The minimum Gasteiger partial charge on any atom is -0.497 e. The third-order valence-corrected chi connectivity index (χ3v) is 6.36. The van der Waals surface area contributed by atoms with Crippen LogP contribution in [-0.2, 0) is 12.8 Å². The summed E-state index contributed by atoms with van der Waals surface area (Å²) in [5.41, 5.74) is 6.12. The molecule has 0 unspecified atom stereocenters. The van der Waals surface area contributed by atoms with E-state index >= 15 is 0 Å². The molecule has 3 aromatic heterocycles. The Bertz CT molecular complexity index is 1180. The van der Waals surface area contributed by atoms with E-state index in [0.29, 0.717) is 4.64 Å². The zero-order chi connectivity index (χ0) is 17.0. The number of methoxy groups -OCH3 is 1. The van der Waals surface area contributed by atoms with Gasteiger partial charge in [0.1, 0.15) is 15.2 Å². The van der Waals surface area contributed by atoms with Gasteiger partial charge in [-0.15, -0.1) is 11.3 Å². The lowest BCUT2D eigenvalue weighted by Gasteiger charge is -2.11. The molecule has 6 heteroatoms. The van der Waals surface area contributed by atoms with E-state index in [4.69, 9.17) is 21.9 Å². The highest BCUT2D eigenvalue weighted by Crippen LogP contribution is 2.43. The summed E-state index contributed by atoms with van der Waals surface area (Å²) in [5.74, 6) is 0.865. The molecular weight excluding hydrogens is 350 g/mol. The van der Waals surface area contributed by atoms with Crippen LogP contribution in [0.5, 0.6) is 5.75 Å². The van der Waals surface area contributed by atoms with Crippen LogP contribution >= 0.6 is 23.6 Å². The van der Waals surface area contributed by atoms with Gasteiger partial charge < -0.3 is 9.72 Å². The van der Waals surface area contributed by atoms with Gasteiger partial charge in [0.15, 0.2) is 0 Å². The van der Waals surface area contributed by atoms with E-state index < -0.39 is 0 Å². The maximum absolute atomic E-state index is 5.43. The molecular formula is C19H15N3OS2. The SMILES string of the molecule is COc1ccc(-c2c3c(nc4sc5c(=S)nc[nH]c5c24)CCC3)cc1. The zero-order valence-corrected chi connectivity index (χ0v) is 15.3. The van der Waals surface area contributed by atoms with Crippen molar-refractivity contribution in [2.75, 3.05) is 7.11 Å². The van der Waals surface area contributed by atoms with E-state index in [1.54, 1.807) is 24.8 Å². The summed E-state index contributed by atoms with van der Waals surface area (Å²) in [4.78, 5) is 13.5. The highest BCUT2D eigenvalue weighted by Gasteiger charge is 2.23. The molecule has 0 radical (unpaired) electrons. The number of aryl methyl sites for hydroxylation is 1. The lowest BCUT2D eigenvalue weighted by atomic mass is 9.96. The Morgan fingerprint density at radius 2 is 2.04 bits per heavy atom. The molecule has 3 heterocycles. The van der Waals surface area contributed by atoms with Crippen molar-refractivity contribution in [3.05, 3.63) is 46.5 Å². The van der Waals surface area contributed by atoms with Crippen molar-refractivity contribution in [2.45, 2.75) is 19.3 Å². The Morgan fingerprint density at radius 1 is 1.20 bits per heavy atom. The molecule has 0 bridgehead atoms. The van der Waals surface area contributed by atoms with Crippen molar-refractivity contribution in [3.8, 4) is 16.9 Å². The first-order valence-corrected chi connectivity index (χ1v) is 9.45. The number of nitrogens with zero attached hydrogens (tertiary/aromatic N) is 2. The number of H-pyrrole nitrogens is 1. The standard InChI is InChI=1S/C19H15N3OS2/c1-23-11-7-5-10(6-8-11)14-12-3-2-4-13(12)22-19-15(14)16-17(25-19)18(24)21-9-20-16/h5-9H,2-4H2,1H3,(H,20,21,24). The van der Waals surface area contributed by atoms with Crippen LogP contribution in [0, 0.1) is 4.64 Å². The second-order valence-electron chi connectivity index (χ2n) is 6.19. The van der Waals surface area contributed by atoms with Crippen LogP contribution in [0.1, 0.15) is 17.7 Å². The number of aromatic nitrogens is 3. The molecule has 25 heavy (non-hydrogen) atoms. The van der Waals surface area contributed by atoms with E-state index in [1.807, 2.05) is 12.1 Å². The number of pyridine rings is 1. The average Bonchev–Trinajstić information content (AvgIpc) is 3.25. The molecule has 1 aromatic carbocycles. The molecule has 0 aliphatic heterocycles. The third-order valence-electron chi connectivity index (χ3n) is 4.83. The first-order chi connectivity index (χ1) is 12.3. The summed E-state index contributed by atoms with van der Waals surface area (Å²) in [6.45, 7) is 0. The second kappa shape index (κ2) is 5.61. The van der Waals surface area contributed by atoms with Gasteiger partial charge in [0.05, 0.1) is 23.7 Å². The molecule has 1 aliphatic rings. The van der Waals surface area contributed by atoms with Crippen molar-refractivity contribution in [2.24, 2.45) is 0 Å². The highest BCUT2D eigenvalue weighted by molar-refractivity contribution is 7.71. The van der Waals surface area contributed by atoms with Gasteiger partial charge in [-0.05, 0) is 48.1 Å². The molecule has 4 aromatic rings. The number of hydrogen-bond acceptors (Lipinski definition) is 5. The molecule has 0 saturated carbocycles. The fourth-order valence-corrected chi connectivity index (χ4v) is 5.04. The first kappa shape index (κ1) is 15.0. The third kappa shape index (κ3) is 2.21. The van der Waals surface area contributed by atoms with Gasteiger partial charge in [-0.1, -0.05) is 24.4 Å². The van der Waals surface area contributed by atoms with E-state index in [9.17, 15) is 0 Å². The van der Waals surface area contributed by atoms with Crippen LogP contribution in [0.25, 0.3) is 31.6 Å². The average molecular weight is 365 g/mol. The van der Waals surface area contributed by atoms with Crippen LogP contribution < -0.4 is 4.74 Å². The van der Waals surface area contributed by atoms with E-state index in [-0.39, 0.29) is 0 Å². The smallest absolute Gasteiger partial charge is 0.147 e. The summed E-state index contributed by atoms with van der Waals surface area (Å²) in [6.07, 6.45) is 4.97. The fraction of sp³-hybridized carbons (Fsp3) is 0.211. The number of benzene rings is 1. The summed E-state index contributed by atoms with van der Waals surface area (Å²) in [7, 11) is 1.69. The minimum atomic E-state index is 0.637. The quantitative estimate of drug-likeness (QED) is 0.504.